The quantitative estimate of drug-likeness (QED) is 0.579. The third kappa shape index (κ3) is 4.01. The number of thiophene rings is 1. The van der Waals surface area contributed by atoms with Gasteiger partial charge in [0.25, 0.3) is 0 Å². The predicted molar refractivity (Wildman–Crippen MR) is 97.3 cm³/mol. The average Bonchev–Trinajstić information content (AvgIpc) is 3.39. The number of aliphatic hydroxyl groups is 1. The molecule has 3 N–H and O–H groups in total. The summed E-state index contributed by atoms with van der Waals surface area (Å²) in [6, 6.07) is 16.1. The van der Waals surface area contributed by atoms with Crippen LogP contribution in [-0.2, 0) is 21.7 Å². The van der Waals surface area contributed by atoms with Crippen molar-refractivity contribution in [1.29, 1.82) is 0 Å². The van der Waals surface area contributed by atoms with Gasteiger partial charge in [-0.2, -0.15) is 0 Å². The first-order valence-electron chi connectivity index (χ1n) is 8.00. The van der Waals surface area contributed by atoms with Crippen molar-refractivity contribution in [2.45, 2.75) is 12.1 Å². The first-order valence-corrected chi connectivity index (χ1v) is 8.88. The summed E-state index contributed by atoms with van der Waals surface area (Å²) in [5, 5.41) is 17.9. The van der Waals surface area contributed by atoms with Crippen molar-refractivity contribution in [1.82, 2.24) is 10.6 Å². The number of carbonyl (C=O) groups is 2. The van der Waals surface area contributed by atoms with E-state index >= 15 is 0 Å². The molecule has 0 aliphatic carbocycles. The van der Waals surface area contributed by atoms with E-state index in [1.165, 1.54) is 17.6 Å². The molecule has 26 heavy (non-hydrogen) atoms. The number of carbonyl (C=O) groups excluding carboxylic acids is 2. The number of hydrogen-bond acceptors (Lipinski definition) is 5. The lowest BCUT2D eigenvalue weighted by atomic mass is 9.98. The number of nitrogens with one attached hydrogen (secondary N) is 2. The van der Waals surface area contributed by atoms with Crippen LogP contribution < -0.4 is 10.6 Å². The minimum Gasteiger partial charge on any atom is -0.466 e. The summed E-state index contributed by atoms with van der Waals surface area (Å²) in [5.41, 5.74) is -0.646. The van der Waals surface area contributed by atoms with Gasteiger partial charge in [-0.15, -0.1) is 11.3 Å². The molecule has 0 fully saturated rings. The van der Waals surface area contributed by atoms with Gasteiger partial charge in [0, 0.05) is 11.4 Å². The number of amides is 2. The topological polar surface area (TPSA) is 91.6 Å². The molecule has 1 atom stereocenters. The Hall–Kier alpha value is -2.90. The van der Waals surface area contributed by atoms with Crippen molar-refractivity contribution >= 4 is 23.2 Å². The van der Waals surface area contributed by atoms with E-state index in [1.54, 1.807) is 24.3 Å². The summed E-state index contributed by atoms with van der Waals surface area (Å²) in [6.45, 7) is 0.0685. The van der Waals surface area contributed by atoms with E-state index in [0.29, 0.717) is 10.6 Å². The molecule has 2 aromatic heterocycles. The first-order chi connectivity index (χ1) is 12.6. The van der Waals surface area contributed by atoms with Crippen LogP contribution in [0.25, 0.3) is 0 Å². The highest BCUT2D eigenvalue weighted by Gasteiger charge is 2.36. The maximum atomic E-state index is 12.1. The van der Waals surface area contributed by atoms with Crippen LogP contribution in [0.5, 0.6) is 0 Å². The van der Waals surface area contributed by atoms with Crippen LogP contribution in [0.2, 0.25) is 0 Å². The molecule has 1 aromatic carbocycles. The molecule has 0 spiro atoms. The van der Waals surface area contributed by atoms with Gasteiger partial charge >= 0.3 is 11.8 Å². The molecule has 1 unspecified atom stereocenters. The molecule has 134 valence electrons. The van der Waals surface area contributed by atoms with Crippen LogP contribution in [0, 0.1) is 0 Å². The summed E-state index contributed by atoms with van der Waals surface area (Å²) in [5.74, 6) is -1.28. The van der Waals surface area contributed by atoms with Gasteiger partial charge in [0.15, 0.2) is 5.60 Å². The third-order valence-corrected chi connectivity index (χ3v) is 4.89. The van der Waals surface area contributed by atoms with Crippen LogP contribution in [0.1, 0.15) is 16.2 Å². The van der Waals surface area contributed by atoms with Gasteiger partial charge in [0.1, 0.15) is 5.76 Å². The van der Waals surface area contributed by atoms with Gasteiger partial charge in [-0.1, -0.05) is 36.4 Å². The Morgan fingerprint density at radius 1 is 1.00 bits per heavy atom. The maximum absolute atomic E-state index is 12.1. The standard InChI is InChI=1S/C19H18N2O4S/c22-17(20-12-14-6-2-1-3-7-14)18(23)21-13-19(24,15-8-4-10-25-15)16-9-5-11-26-16/h1-11,24H,12-13H2,(H,20,22)(H,21,23). The van der Waals surface area contributed by atoms with E-state index in [9.17, 15) is 14.7 Å². The fourth-order valence-electron chi connectivity index (χ4n) is 2.47. The fraction of sp³-hybridized carbons (Fsp3) is 0.158. The van der Waals surface area contributed by atoms with Crippen molar-refractivity contribution in [3.63, 3.8) is 0 Å². The van der Waals surface area contributed by atoms with Crippen molar-refractivity contribution < 1.29 is 19.1 Å². The molecule has 3 rings (SSSR count). The molecule has 0 saturated carbocycles. The van der Waals surface area contributed by atoms with Gasteiger partial charge in [0.2, 0.25) is 0 Å². The van der Waals surface area contributed by atoms with Gasteiger partial charge in [-0.25, -0.2) is 0 Å². The SMILES string of the molecule is O=C(NCc1ccccc1)C(=O)NCC(O)(c1ccco1)c1cccs1. The zero-order chi connectivity index (χ0) is 18.4. The Balaban J connectivity index is 1.62. The van der Waals surface area contributed by atoms with E-state index in [-0.39, 0.29) is 13.1 Å². The molecule has 0 bridgehead atoms. The van der Waals surface area contributed by atoms with Gasteiger partial charge in [0.05, 0.1) is 12.8 Å². The summed E-state index contributed by atoms with van der Waals surface area (Å²) in [6.07, 6.45) is 1.45. The summed E-state index contributed by atoms with van der Waals surface area (Å²) in [7, 11) is 0. The number of rotatable bonds is 6. The largest absolute Gasteiger partial charge is 0.466 e. The lowest BCUT2D eigenvalue weighted by Gasteiger charge is -2.25. The van der Waals surface area contributed by atoms with Crippen LogP contribution in [-0.4, -0.2) is 23.5 Å². The molecule has 7 heteroatoms. The van der Waals surface area contributed by atoms with Crippen molar-refractivity contribution in [2.24, 2.45) is 0 Å². The monoisotopic (exact) mass is 370 g/mol. The highest BCUT2D eigenvalue weighted by Crippen LogP contribution is 2.32. The smallest absolute Gasteiger partial charge is 0.309 e. The number of benzene rings is 1. The Bertz CT molecular complexity index is 811. The average molecular weight is 370 g/mol. The predicted octanol–water partition coefficient (Wildman–Crippen LogP) is 2.01. The second kappa shape index (κ2) is 7.99. The zero-order valence-electron chi connectivity index (χ0n) is 13.8. The molecule has 2 amide bonds. The van der Waals surface area contributed by atoms with Gasteiger partial charge in [-0.3, -0.25) is 9.59 Å². The summed E-state index contributed by atoms with van der Waals surface area (Å²) in [4.78, 5) is 24.7. The Kier molecular flexibility index (Phi) is 5.50. The van der Waals surface area contributed by atoms with E-state index in [1.807, 2.05) is 35.7 Å². The highest BCUT2D eigenvalue weighted by molar-refractivity contribution is 7.10. The molecular formula is C19H18N2O4S. The van der Waals surface area contributed by atoms with Crippen LogP contribution in [0.3, 0.4) is 0 Å². The summed E-state index contributed by atoms with van der Waals surface area (Å²) >= 11 is 1.33. The lowest BCUT2D eigenvalue weighted by Crippen LogP contribution is -2.46. The normalized spacial score (nSPS) is 13.0. The molecule has 6 nitrogen and oxygen atoms in total. The minimum absolute atomic E-state index is 0.182. The van der Waals surface area contributed by atoms with Crippen LogP contribution in [0.4, 0.5) is 0 Å². The van der Waals surface area contributed by atoms with E-state index in [4.69, 9.17) is 4.42 Å². The van der Waals surface area contributed by atoms with E-state index in [2.05, 4.69) is 10.6 Å². The molecule has 0 aliphatic heterocycles. The van der Waals surface area contributed by atoms with Gasteiger partial charge in [-0.05, 0) is 29.1 Å². The number of furan rings is 1. The second-order valence-electron chi connectivity index (χ2n) is 5.67. The Morgan fingerprint density at radius 2 is 1.77 bits per heavy atom. The van der Waals surface area contributed by atoms with Crippen molar-refractivity contribution in [2.75, 3.05) is 6.54 Å². The third-order valence-electron chi connectivity index (χ3n) is 3.86. The minimum atomic E-state index is -1.53. The molecule has 0 aliphatic rings. The fourth-order valence-corrected chi connectivity index (χ4v) is 3.30. The van der Waals surface area contributed by atoms with Crippen molar-refractivity contribution in [3.8, 4) is 0 Å². The molecule has 3 aromatic rings. The highest BCUT2D eigenvalue weighted by atomic mass is 32.1. The zero-order valence-corrected chi connectivity index (χ0v) is 14.7. The van der Waals surface area contributed by atoms with Crippen LogP contribution in [0.15, 0.2) is 70.7 Å². The lowest BCUT2D eigenvalue weighted by molar-refractivity contribution is -0.139. The van der Waals surface area contributed by atoms with Gasteiger partial charge < -0.3 is 20.2 Å². The molecule has 0 radical (unpaired) electrons. The first kappa shape index (κ1) is 17.9. The molecular weight excluding hydrogens is 352 g/mol. The maximum Gasteiger partial charge on any atom is 0.309 e. The number of hydrogen-bond donors (Lipinski definition) is 3. The molecule has 2 heterocycles. The van der Waals surface area contributed by atoms with E-state index in [0.717, 1.165) is 5.56 Å². The van der Waals surface area contributed by atoms with E-state index < -0.39 is 17.4 Å². The Labute approximate surface area is 154 Å². The second-order valence-corrected chi connectivity index (χ2v) is 6.61. The summed E-state index contributed by atoms with van der Waals surface area (Å²) < 4.78 is 5.33. The van der Waals surface area contributed by atoms with Crippen molar-refractivity contribution in [3.05, 3.63) is 82.4 Å². The molecule has 0 saturated heterocycles. The Morgan fingerprint density at radius 3 is 2.42 bits per heavy atom. The van der Waals surface area contributed by atoms with Crippen LogP contribution >= 0.6 is 11.3 Å².